The Morgan fingerprint density at radius 1 is 0.833 bits per heavy atom. The van der Waals surface area contributed by atoms with Gasteiger partial charge in [-0.05, 0) is 38.9 Å². The normalized spacial score (nSPS) is 18.0. The van der Waals surface area contributed by atoms with Crippen LogP contribution in [0.2, 0.25) is 0 Å². The predicted molar refractivity (Wildman–Crippen MR) is 73.7 cm³/mol. The third-order valence-corrected chi connectivity index (χ3v) is 5.79. The van der Waals surface area contributed by atoms with E-state index in [2.05, 4.69) is 11.8 Å². The van der Waals surface area contributed by atoms with Crippen LogP contribution < -0.4 is 4.13 Å². The van der Waals surface area contributed by atoms with E-state index in [1.165, 1.54) is 45.3 Å². The van der Waals surface area contributed by atoms with Crippen LogP contribution in [0.1, 0.15) is 32.6 Å². The molecule has 0 aromatic rings. The fraction of sp³-hybridized carbons (Fsp3) is 1.00. The number of sulfonamides is 2. The Bertz CT molecular complexity index is 535. The van der Waals surface area contributed by atoms with Crippen molar-refractivity contribution in [2.24, 2.45) is 0 Å². The predicted octanol–water partition coefficient (Wildman–Crippen LogP) is 2.16. The Morgan fingerprint density at radius 3 is 1.50 bits per heavy atom. The van der Waals surface area contributed by atoms with Crippen LogP contribution in [0.25, 0.3) is 0 Å². The molecule has 1 saturated heterocycles. The van der Waals surface area contributed by atoms with Crippen molar-refractivity contribution in [2.75, 3.05) is 19.6 Å². The number of halogens is 6. The summed E-state index contributed by atoms with van der Waals surface area (Å²) in [6, 6.07) is 0. The molecule has 14 heteroatoms. The minimum Gasteiger partial charge on any atom is -0.303 e. The van der Waals surface area contributed by atoms with Gasteiger partial charge in [-0.25, -0.2) is 16.8 Å². The lowest BCUT2D eigenvalue weighted by atomic mass is 10.1. The van der Waals surface area contributed by atoms with Crippen molar-refractivity contribution in [1.29, 1.82) is 0 Å². The molecule has 24 heavy (non-hydrogen) atoms. The zero-order valence-corrected chi connectivity index (χ0v) is 14.2. The van der Waals surface area contributed by atoms with E-state index in [4.69, 9.17) is 0 Å². The molecule has 0 spiro atoms. The molecule has 0 aromatic heterocycles. The maximum absolute atomic E-state index is 11.5. The van der Waals surface area contributed by atoms with E-state index < -0.39 is 35.2 Å². The van der Waals surface area contributed by atoms with Crippen molar-refractivity contribution in [3.8, 4) is 0 Å². The molecule has 146 valence electrons. The summed E-state index contributed by atoms with van der Waals surface area (Å²) in [5.41, 5.74) is -12.3. The molecule has 0 bridgehead atoms. The van der Waals surface area contributed by atoms with Gasteiger partial charge in [0.05, 0.1) is 0 Å². The molecule has 0 atom stereocenters. The van der Waals surface area contributed by atoms with Gasteiger partial charge < -0.3 is 4.90 Å². The maximum Gasteiger partial charge on any atom is 0.512 e. The summed E-state index contributed by atoms with van der Waals surface area (Å²) in [6.07, 6.45) is 5.64. The second-order valence-electron chi connectivity index (χ2n) is 4.88. The van der Waals surface area contributed by atoms with Crippen molar-refractivity contribution in [1.82, 2.24) is 9.03 Å². The standard InChI is InChI=1S/C8H17N.C2HF6NO4S2/c1-2-6-9-7-4-3-5-8-9;3-1(4,5)14(10,11)9-15(12,13)2(6,7)8/h2-8H2,1H3;9H. The highest BCUT2D eigenvalue weighted by Crippen LogP contribution is 2.27. The van der Waals surface area contributed by atoms with Crippen molar-refractivity contribution >= 4 is 20.0 Å². The first-order valence-corrected chi connectivity index (χ1v) is 9.74. The summed E-state index contributed by atoms with van der Waals surface area (Å²) in [4.78, 5) is 2.57. The molecular weight excluding hydrogens is 390 g/mol. The number of hydrogen-bond acceptors (Lipinski definition) is 5. The van der Waals surface area contributed by atoms with E-state index in [-0.39, 0.29) is 0 Å². The summed E-state index contributed by atoms with van der Waals surface area (Å²) < 4.78 is 108. The zero-order chi connectivity index (χ0) is 19.2. The number of piperidine rings is 1. The lowest BCUT2D eigenvalue weighted by molar-refractivity contribution is -0.0476. The van der Waals surface area contributed by atoms with Gasteiger partial charge in [0.2, 0.25) is 0 Å². The first-order chi connectivity index (χ1) is 10.6. The van der Waals surface area contributed by atoms with Gasteiger partial charge in [0.1, 0.15) is 0 Å². The van der Waals surface area contributed by atoms with Crippen LogP contribution in [0.4, 0.5) is 26.3 Å². The van der Waals surface area contributed by atoms with Crippen LogP contribution in [0, 0.1) is 0 Å². The minimum absolute atomic E-state index is 0.493. The van der Waals surface area contributed by atoms with Gasteiger partial charge >= 0.3 is 31.1 Å². The molecule has 0 amide bonds. The number of likely N-dealkylation sites (tertiary alicyclic amines) is 1. The van der Waals surface area contributed by atoms with E-state index in [0.29, 0.717) is 0 Å². The van der Waals surface area contributed by atoms with Crippen molar-refractivity contribution in [3.05, 3.63) is 0 Å². The summed E-state index contributed by atoms with van der Waals surface area (Å²) in [5.74, 6) is 0. The maximum atomic E-state index is 11.5. The average Bonchev–Trinajstić information content (AvgIpc) is 2.37. The summed E-state index contributed by atoms with van der Waals surface area (Å²) in [5, 5.41) is 0. The largest absolute Gasteiger partial charge is 0.512 e. The van der Waals surface area contributed by atoms with Gasteiger partial charge in [0.15, 0.2) is 0 Å². The Kier molecular flexibility index (Phi) is 8.45. The number of hydrogen-bond donors (Lipinski definition) is 1. The molecule has 0 aliphatic carbocycles. The molecule has 1 N–H and O–H groups in total. The number of nitrogens with one attached hydrogen (secondary N) is 1. The van der Waals surface area contributed by atoms with Gasteiger partial charge in [-0.2, -0.15) is 26.3 Å². The molecule has 1 rings (SSSR count). The molecule has 0 aromatic carbocycles. The Balaban J connectivity index is 0.000000496. The van der Waals surface area contributed by atoms with Crippen LogP contribution in [-0.2, 0) is 20.0 Å². The number of rotatable bonds is 4. The van der Waals surface area contributed by atoms with E-state index in [0.717, 1.165) is 0 Å². The third-order valence-electron chi connectivity index (χ3n) is 2.82. The molecule has 1 heterocycles. The van der Waals surface area contributed by atoms with E-state index in [1.54, 1.807) is 0 Å². The van der Waals surface area contributed by atoms with Crippen molar-refractivity contribution in [2.45, 2.75) is 43.6 Å². The smallest absolute Gasteiger partial charge is 0.303 e. The summed E-state index contributed by atoms with van der Waals surface area (Å²) in [6.45, 7) is 6.29. The number of nitrogens with zero attached hydrogens (tertiary/aromatic N) is 1. The van der Waals surface area contributed by atoms with Crippen LogP contribution in [0.15, 0.2) is 0 Å². The Hall–Kier alpha value is -0.600. The lowest BCUT2D eigenvalue weighted by Crippen LogP contribution is -2.45. The fourth-order valence-electron chi connectivity index (χ4n) is 1.74. The molecule has 1 fully saturated rings. The van der Waals surface area contributed by atoms with E-state index in [1.807, 2.05) is 0 Å². The molecule has 1 aliphatic rings. The molecule has 0 radical (unpaired) electrons. The van der Waals surface area contributed by atoms with Crippen LogP contribution in [0.3, 0.4) is 0 Å². The first-order valence-electron chi connectivity index (χ1n) is 6.77. The molecule has 0 saturated carbocycles. The van der Waals surface area contributed by atoms with E-state index >= 15 is 0 Å². The quantitative estimate of drug-likeness (QED) is 0.721. The van der Waals surface area contributed by atoms with Crippen LogP contribution in [0.5, 0.6) is 0 Å². The lowest BCUT2D eigenvalue weighted by Gasteiger charge is -2.25. The Morgan fingerprint density at radius 2 is 1.21 bits per heavy atom. The van der Waals surface area contributed by atoms with Crippen molar-refractivity contribution < 1.29 is 43.2 Å². The SMILES string of the molecule is CCCN1CCCCC1.O=S(=O)(NS(=O)(=O)C(F)(F)F)C(F)(F)F. The van der Waals surface area contributed by atoms with Crippen molar-refractivity contribution in [3.63, 3.8) is 0 Å². The minimum atomic E-state index is -6.60. The highest BCUT2D eigenvalue weighted by molar-refractivity contribution is 8.05. The summed E-state index contributed by atoms with van der Waals surface area (Å²) in [7, 11) is -13.2. The van der Waals surface area contributed by atoms with Crippen LogP contribution in [-0.4, -0.2) is 52.4 Å². The van der Waals surface area contributed by atoms with Gasteiger partial charge in [-0.15, -0.1) is 0 Å². The molecule has 0 unspecified atom stereocenters. The first kappa shape index (κ1) is 23.4. The highest BCUT2D eigenvalue weighted by atomic mass is 32.3. The fourth-order valence-corrected chi connectivity index (χ4v) is 3.65. The monoisotopic (exact) mass is 408 g/mol. The van der Waals surface area contributed by atoms with Gasteiger partial charge in [-0.3, -0.25) is 0 Å². The van der Waals surface area contributed by atoms with Crippen LogP contribution >= 0.6 is 0 Å². The summed E-state index contributed by atoms with van der Waals surface area (Å²) >= 11 is 0. The second-order valence-corrected chi connectivity index (χ2v) is 8.49. The number of alkyl halides is 6. The molecule has 6 nitrogen and oxygen atoms in total. The van der Waals surface area contributed by atoms with Gasteiger partial charge in [-0.1, -0.05) is 17.5 Å². The Labute approximate surface area is 136 Å². The topological polar surface area (TPSA) is 83.6 Å². The third kappa shape index (κ3) is 7.53. The van der Waals surface area contributed by atoms with Gasteiger partial charge in [0, 0.05) is 0 Å². The average molecular weight is 408 g/mol. The highest BCUT2D eigenvalue weighted by Gasteiger charge is 2.55. The second kappa shape index (κ2) is 8.67. The molecule has 1 aliphatic heterocycles. The van der Waals surface area contributed by atoms with Gasteiger partial charge in [0.25, 0.3) is 0 Å². The van der Waals surface area contributed by atoms with E-state index in [9.17, 15) is 43.2 Å². The zero-order valence-electron chi connectivity index (χ0n) is 12.6. The molecular formula is C10H18F6N2O4S2.